The lowest BCUT2D eigenvalue weighted by molar-refractivity contribution is 0.0981. The first kappa shape index (κ1) is 18.9. The lowest BCUT2D eigenvalue weighted by Gasteiger charge is -2.06. The van der Waals surface area contributed by atoms with E-state index in [-0.39, 0.29) is 11.6 Å². The number of halogens is 2. The van der Waals surface area contributed by atoms with E-state index in [0.29, 0.717) is 35.7 Å². The van der Waals surface area contributed by atoms with Crippen molar-refractivity contribution < 1.29 is 9.59 Å². The highest BCUT2D eigenvalue weighted by atomic mass is 35.5. The number of hydrogen-bond acceptors (Lipinski definition) is 2. The summed E-state index contributed by atoms with van der Waals surface area (Å²) in [6.07, 6.45) is 1.64. The molecule has 0 saturated carbocycles. The number of ketones is 2. The van der Waals surface area contributed by atoms with Gasteiger partial charge in [0.05, 0.1) is 0 Å². The number of carbonyl (C=O) groups is 2. The van der Waals surface area contributed by atoms with Gasteiger partial charge >= 0.3 is 0 Å². The average Bonchev–Trinajstić information content (AvgIpc) is 2.95. The Morgan fingerprint density at radius 1 is 0.846 bits per heavy atom. The number of nitrogens with zero attached hydrogens (tertiary/aromatic N) is 1. The van der Waals surface area contributed by atoms with Crippen LogP contribution < -0.4 is 0 Å². The van der Waals surface area contributed by atoms with E-state index in [1.165, 1.54) is 0 Å². The van der Waals surface area contributed by atoms with Crippen LogP contribution in [0.5, 0.6) is 0 Å². The van der Waals surface area contributed by atoms with E-state index in [1.807, 2.05) is 36.4 Å². The van der Waals surface area contributed by atoms with Crippen molar-refractivity contribution >= 4 is 56.6 Å². The molecular weight excluding hydrogens is 369 g/mol. The van der Waals surface area contributed by atoms with Gasteiger partial charge in [0.25, 0.3) is 0 Å². The van der Waals surface area contributed by atoms with Crippen molar-refractivity contribution in [3.63, 3.8) is 0 Å². The van der Waals surface area contributed by atoms with Gasteiger partial charge in [-0.3, -0.25) is 9.59 Å². The number of rotatable bonds is 8. The van der Waals surface area contributed by atoms with Crippen molar-refractivity contribution in [3.05, 3.63) is 47.5 Å². The zero-order chi connectivity index (χ0) is 18.7. The van der Waals surface area contributed by atoms with Crippen LogP contribution in [0.1, 0.15) is 46.9 Å². The molecule has 3 aromatic rings. The molecule has 0 fully saturated rings. The number of alkyl halides is 2. The fourth-order valence-electron chi connectivity index (χ4n) is 3.38. The third kappa shape index (κ3) is 3.51. The van der Waals surface area contributed by atoms with Gasteiger partial charge in [-0.05, 0) is 42.8 Å². The number of aromatic nitrogens is 1. The second-order valence-electron chi connectivity index (χ2n) is 6.34. The Morgan fingerprint density at radius 3 is 1.69 bits per heavy atom. The van der Waals surface area contributed by atoms with Crippen LogP contribution in [0.15, 0.2) is 36.4 Å². The van der Waals surface area contributed by atoms with Gasteiger partial charge in [-0.2, -0.15) is 0 Å². The van der Waals surface area contributed by atoms with E-state index in [9.17, 15) is 9.59 Å². The molecule has 136 valence electrons. The van der Waals surface area contributed by atoms with Crippen molar-refractivity contribution in [1.29, 1.82) is 0 Å². The normalized spacial score (nSPS) is 11.3. The summed E-state index contributed by atoms with van der Waals surface area (Å²) in [5.41, 5.74) is 3.47. The van der Waals surface area contributed by atoms with Crippen LogP contribution in [0.25, 0.3) is 21.8 Å². The van der Waals surface area contributed by atoms with E-state index >= 15 is 0 Å². The monoisotopic (exact) mass is 389 g/mol. The Labute approximate surface area is 162 Å². The van der Waals surface area contributed by atoms with Crippen LogP contribution in [0.3, 0.4) is 0 Å². The second kappa shape index (κ2) is 8.24. The van der Waals surface area contributed by atoms with Gasteiger partial charge in [0, 0.05) is 64.1 Å². The average molecular weight is 390 g/mol. The highest BCUT2D eigenvalue weighted by molar-refractivity contribution is 6.20. The Hall–Kier alpha value is -1.84. The van der Waals surface area contributed by atoms with Crippen molar-refractivity contribution in [3.8, 4) is 0 Å². The summed E-state index contributed by atoms with van der Waals surface area (Å²) < 4.78 is 2.25. The summed E-state index contributed by atoms with van der Waals surface area (Å²) >= 11 is 11.4. The molecule has 0 spiro atoms. The number of benzene rings is 2. The van der Waals surface area contributed by atoms with E-state index < -0.39 is 0 Å². The quantitative estimate of drug-likeness (QED) is 0.359. The van der Waals surface area contributed by atoms with Gasteiger partial charge in [0.1, 0.15) is 0 Å². The van der Waals surface area contributed by atoms with E-state index in [2.05, 4.69) is 11.5 Å². The van der Waals surface area contributed by atoms with Gasteiger partial charge in [-0.15, -0.1) is 23.2 Å². The SMILES string of the molecule is CCCn1c2ccc(C(=O)CCCl)cc2c2cc(C(=O)CCCl)ccc21. The Kier molecular flexibility index (Phi) is 6.00. The summed E-state index contributed by atoms with van der Waals surface area (Å²) in [5.74, 6) is 0.692. The molecule has 0 N–H and O–H groups in total. The molecule has 0 bridgehead atoms. The minimum Gasteiger partial charge on any atom is -0.340 e. The first-order valence-corrected chi connectivity index (χ1v) is 9.92. The van der Waals surface area contributed by atoms with Gasteiger partial charge < -0.3 is 4.57 Å². The van der Waals surface area contributed by atoms with Crippen LogP contribution in [-0.4, -0.2) is 27.9 Å². The largest absolute Gasteiger partial charge is 0.340 e. The fraction of sp³-hybridized carbons (Fsp3) is 0.333. The molecule has 2 aromatic carbocycles. The highest BCUT2D eigenvalue weighted by Crippen LogP contribution is 2.31. The maximum atomic E-state index is 12.3. The van der Waals surface area contributed by atoms with Crippen molar-refractivity contribution in [2.24, 2.45) is 0 Å². The molecule has 1 heterocycles. The van der Waals surface area contributed by atoms with E-state index in [0.717, 1.165) is 34.8 Å². The lowest BCUT2D eigenvalue weighted by Crippen LogP contribution is -2.00. The van der Waals surface area contributed by atoms with Crippen LogP contribution in [0.2, 0.25) is 0 Å². The molecule has 0 aliphatic rings. The van der Waals surface area contributed by atoms with E-state index in [1.54, 1.807) is 0 Å². The number of carbonyl (C=O) groups excluding carboxylic acids is 2. The first-order chi connectivity index (χ1) is 12.6. The molecule has 5 heteroatoms. The predicted molar refractivity (Wildman–Crippen MR) is 109 cm³/mol. The highest BCUT2D eigenvalue weighted by Gasteiger charge is 2.15. The van der Waals surface area contributed by atoms with Crippen LogP contribution in [0, 0.1) is 0 Å². The topological polar surface area (TPSA) is 39.1 Å². The number of hydrogen-bond donors (Lipinski definition) is 0. The van der Waals surface area contributed by atoms with Crippen LogP contribution in [-0.2, 0) is 6.54 Å². The van der Waals surface area contributed by atoms with Gasteiger partial charge in [-0.25, -0.2) is 0 Å². The van der Waals surface area contributed by atoms with Gasteiger partial charge in [0.15, 0.2) is 11.6 Å². The minimum absolute atomic E-state index is 0.0349. The maximum Gasteiger partial charge on any atom is 0.164 e. The molecule has 0 aliphatic carbocycles. The Balaban J connectivity index is 2.23. The summed E-state index contributed by atoms with van der Waals surface area (Å²) in [4.78, 5) is 24.5. The molecule has 3 rings (SSSR count). The summed E-state index contributed by atoms with van der Waals surface area (Å²) in [6.45, 7) is 3.01. The van der Waals surface area contributed by atoms with Crippen LogP contribution in [0.4, 0.5) is 0 Å². The molecule has 0 atom stereocenters. The molecule has 3 nitrogen and oxygen atoms in total. The molecule has 0 radical (unpaired) electrons. The smallest absolute Gasteiger partial charge is 0.164 e. The summed E-state index contributed by atoms with van der Waals surface area (Å²) in [6, 6.07) is 11.6. The molecular formula is C21H21Cl2NO2. The maximum absolute atomic E-state index is 12.3. The molecule has 26 heavy (non-hydrogen) atoms. The molecule has 0 unspecified atom stereocenters. The zero-order valence-corrected chi connectivity index (χ0v) is 16.2. The molecule has 0 amide bonds. The lowest BCUT2D eigenvalue weighted by atomic mass is 10.0. The number of Topliss-reactive ketones (excluding diaryl/α,β-unsaturated/α-hetero) is 2. The Bertz CT molecular complexity index is 900. The van der Waals surface area contributed by atoms with E-state index in [4.69, 9.17) is 23.2 Å². The van der Waals surface area contributed by atoms with Gasteiger partial charge in [-0.1, -0.05) is 6.92 Å². The molecule has 1 aromatic heterocycles. The zero-order valence-electron chi connectivity index (χ0n) is 14.7. The van der Waals surface area contributed by atoms with Crippen LogP contribution >= 0.6 is 23.2 Å². The summed E-state index contributed by atoms with van der Waals surface area (Å²) in [7, 11) is 0. The summed E-state index contributed by atoms with van der Waals surface area (Å²) in [5, 5.41) is 1.99. The third-order valence-electron chi connectivity index (χ3n) is 4.60. The fourth-order valence-corrected chi connectivity index (χ4v) is 3.72. The van der Waals surface area contributed by atoms with Gasteiger partial charge in [0.2, 0.25) is 0 Å². The second-order valence-corrected chi connectivity index (χ2v) is 7.10. The molecule has 0 aliphatic heterocycles. The number of fused-ring (bicyclic) bond motifs is 3. The van der Waals surface area contributed by atoms with Crippen molar-refractivity contribution in [2.75, 3.05) is 11.8 Å². The first-order valence-electron chi connectivity index (χ1n) is 8.85. The van der Waals surface area contributed by atoms with Crippen molar-refractivity contribution in [1.82, 2.24) is 4.57 Å². The standard InChI is InChI=1S/C21H21Cl2NO2/c1-2-11-24-18-5-3-14(20(25)7-9-22)12-16(18)17-13-15(4-6-19(17)24)21(26)8-10-23/h3-6,12-13H,2,7-11H2,1H3. The minimum atomic E-state index is 0.0349. The number of aryl methyl sites for hydroxylation is 1. The van der Waals surface area contributed by atoms with Crippen molar-refractivity contribution in [2.45, 2.75) is 32.7 Å². The Morgan fingerprint density at radius 2 is 1.31 bits per heavy atom. The third-order valence-corrected chi connectivity index (χ3v) is 4.98. The molecule has 0 saturated heterocycles. The predicted octanol–water partition coefficient (Wildman–Crippen LogP) is 5.83.